The molecule has 1 heterocycles. The molecular weight excluding hydrogens is 384 g/mol. The van der Waals surface area contributed by atoms with E-state index in [0.717, 1.165) is 22.6 Å². The Morgan fingerprint density at radius 3 is 2.43 bits per heavy atom. The summed E-state index contributed by atoms with van der Waals surface area (Å²) in [6.45, 7) is 3.66. The third-order valence-electron chi connectivity index (χ3n) is 4.66. The second kappa shape index (κ2) is 9.14. The summed E-state index contributed by atoms with van der Waals surface area (Å²) in [4.78, 5) is 24.3. The van der Waals surface area contributed by atoms with Gasteiger partial charge in [0.1, 0.15) is 18.1 Å². The zero-order valence-electron chi connectivity index (χ0n) is 17.1. The lowest BCUT2D eigenvalue weighted by Crippen LogP contribution is -2.10. The predicted molar refractivity (Wildman–Crippen MR) is 111 cm³/mol. The fourth-order valence-electron chi connectivity index (χ4n) is 3.32. The minimum Gasteiger partial charge on any atom is -0.497 e. The summed E-state index contributed by atoms with van der Waals surface area (Å²) in [5, 5.41) is 9.27. The third kappa shape index (κ3) is 4.13. The number of hydrogen-bond donors (Lipinski definition) is 0. The van der Waals surface area contributed by atoms with Crippen LogP contribution in [0.3, 0.4) is 0 Å². The molecule has 0 saturated carbocycles. The van der Waals surface area contributed by atoms with E-state index in [9.17, 15) is 9.59 Å². The van der Waals surface area contributed by atoms with E-state index in [2.05, 4.69) is 0 Å². The standard InChI is InChI=1S/C23H22N2O5/c1-4-29-23(27)22-15(2)25(16-5-7-18(28-3)8-6-16)21-10-9-19(13-20(21)22)30-14-17(26)11-12-24/h5-10,13H,4,11,14H2,1-3H3. The van der Waals surface area contributed by atoms with Gasteiger partial charge < -0.3 is 18.8 Å². The number of carbonyl (C=O) groups is 2. The van der Waals surface area contributed by atoms with Gasteiger partial charge in [-0.1, -0.05) is 0 Å². The van der Waals surface area contributed by atoms with Crippen LogP contribution in [0.5, 0.6) is 11.5 Å². The van der Waals surface area contributed by atoms with E-state index in [1.165, 1.54) is 0 Å². The molecule has 7 nitrogen and oxygen atoms in total. The first-order valence-corrected chi connectivity index (χ1v) is 9.48. The second-order valence-corrected chi connectivity index (χ2v) is 6.56. The number of methoxy groups -OCH3 is 1. The van der Waals surface area contributed by atoms with E-state index in [1.807, 2.05) is 41.8 Å². The van der Waals surface area contributed by atoms with Crippen molar-refractivity contribution in [3.8, 4) is 23.3 Å². The van der Waals surface area contributed by atoms with Crippen molar-refractivity contribution in [2.45, 2.75) is 20.3 Å². The maximum Gasteiger partial charge on any atom is 0.340 e. The van der Waals surface area contributed by atoms with Gasteiger partial charge in [0.05, 0.1) is 37.3 Å². The number of esters is 1. The van der Waals surface area contributed by atoms with Crippen LogP contribution in [0.2, 0.25) is 0 Å². The Balaban J connectivity index is 2.10. The number of nitriles is 1. The molecule has 0 aliphatic carbocycles. The Morgan fingerprint density at radius 2 is 1.80 bits per heavy atom. The van der Waals surface area contributed by atoms with Gasteiger partial charge in [0.2, 0.25) is 0 Å². The van der Waals surface area contributed by atoms with Crippen molar-refractivity contribution in [3.05, 3.63) is 53.7 Å². The van der Waals surface area contributed by atoms with Gasteiger partial charge in [-0.15, -0.1) is 0 Å². The fraction of sp³-hybridized carbons (Fsp3) is 0.261. The van der Waals surface area contributed by atoms with Crippen LogP contribution in [0.25, 0.3) is 16.6 Å². The van der Waals surface area contributed by atoms with Crippen LogP contribution in [0, 0.1) is 18.3 Å². The lowest BCUT2D eigenvalue weighted by Gasteiger charge is -2.10. The molecule has 7 heteroatoms. The molecule has 3 aromatic rings. The normalized spacial score (nSPS) is 10.5. The van der Waals surface area contributed by atoms with Crippen molar-refractivity contribution in [2.24, 2.45) is 0 Å². The number of carbonyl (C=O) groups excluding carboxylic acids is 2. The lowest BCUT2D eigenvalue weighted by atomic mass is 10.1. The SMILES string of the molecule is CCOC(=O)c1c(C)n(-c2ccc(OC)cc2)c2ccc(OCC(=O)CC#N)cc12. The molecule has 0 aliphatic heterocycles. The minimum atomic E-state index is -0.426. The van der Waals surface area contributed by atoms with Gasteiger partial charge in [-0.3, -0.25) is 4.79 Å². The van der Waals surface area contributed by atoms with Crippen LogP contribution in [0.15, 0.2) is 42.5 Å². The number of ether oxygens (including phenoxy) is 3. The van der Waals surface area contributed by atoms with Crippen LogP contribution in [-0.4, -0.2) is 36.6 Å². The Hall–Kier alpha value is -3.79. The number of rotatable bonds is 8. The molecule has 0 fully saturated rings. The maximum atomic E-state index is 12.7. The van der Waals surface area contributed by atoms with Gasteiger partial charge in [0, 0.05) is 16.8 Å². The number of nitrogens with zero attached hydrogens (tertiary/aromatic N) is 2. The number of hydrogen-bond acceptors (Lipinski definition) is 6. The molecule has 0 amide bonds. The van der Waals surface area contributed by atoms with E-state index >= 15 is 0 Å². The molecule has 0 N–H and O–H groups in total. The predicted octanol–water partition coefficient (Wildman–Crippen LogP) is 3.99. The van der Waals surface area contributed by atoms with E-state index < -0.39 is 5.97 Å². The first-order chi connectivity index (χ1) is 14.5. The average Bonchev–Trinajstić information content (AvgIpc) is 3.03. The maximum absolute atomic E-state index is 12.7. The highest BCUT2D eigenvalue weighted by Crippen LogP contribution is 2.33. The molecular formula is C23H22N2O5. The summed E-state index contributed by atoms with van der Waals surface area (Å²) in [5.41, 5.74) is 2.84. The minimum absolute atomic E-state index is 0.202. The zero-order valence-corrected chi connectivity index (χ0v) is 17.1. The van der Waals surface area contributed by atoms with Gasteiger partial charge in [-0.25, -0.2) is 4.79 Å². The number of ketones is 1. The first kappa shape index (κ1) is 20.9. The van der Waals surface area contributed by atoms with Gasteiger partial charge in [-0.05, 0) is 56.3 Å². The number of benzene rings is 2. The quantitative estimate of drug-likeness (QED) is 0.526. The van der Waals surface area contributed by atoms with E-state index in [-0.39, 0.29) is 25.4 Å². The highest BCUT2D eigenvalue weighted by molar-refractivity contribution is 6.07. The largest absolute Gasteiger partial charge is 0.497 e. The molecule has 0 unspecified atom stereocenters. The van der Waals surface area contributed by atoms with Crippen molar-refractivity contribution < 1.29 is 23.8 Å². The number of Topliss-reactive ketones (excluding diaryl/α,β-unsaturated/α-hetero) is 1. The van der Waals surface area contributed by atoms with Crippen molar-refractivity contribution >= 4 is 22.7 Å². The van der Waals surface area contributed by atoms with E-state index in [1.54, 1.807) is 32.2 Å². The molecule has 0 radical (unpaired) electrons. The number of aromatic nitrogens is 1. The van der Waals surface area contributed by atoms with Crippen LogP contribution >= 0.6 is 0 Å². The van der Waals surface area contributed by atoms with Crippen LogP contribution in [-0.2, 0) is 9.53 Å². The highest BCUT2D eigenvalue weighted by atomic mass is 16.5. The third-order valence-corrected chi connectivity index (χ3v) is 4.66. The van der Waals surface area contributed by atoms with Crippen molar-refractivity contribution in [2.75, 3.05) is 20.3 Å². The Labute approximate surface area is 174 Å². The molecule has 0 spiro atoms. The summed E-state index contributed by atoms with van der Waals surface area (Å²) >= 11 is 0. The molecule has 0 bridgehead atoms. The number of fused-ring (bicyclic) bond motifs is 1. The monoisotopic (exact) mass is 406 g/mol. The zero-order chi connectivity index (χ0) is 21.7. The fourth-order valence-corrected chi connectivity index (χ4v) is 3.32. The van der Waals surface area contributed by atoms with Gasteiger partial charge in [-0.2, -0.15) is 5.26 Å². The average molecular weight is 406 g/mol. The van der Waals surface area contributed by atoms with Gasteiger partial charge >= 0.3 is 5.97 Å². The molecule has 154 valence electrons. The van der Waals surface area contributed by atoms with Crippen molar-refractivity contribution in [1.82, 2.24) is 4.57 Å². The summed E-state index contributed by atoms with van der Waals surface area (Å²) in [6.07, 6.45) is -0.205. The highest BCUT2D eigenvalue weighted by Gasteiger charge is 2.22. The summed E-state index contributed by atoms with van der Waals surface area (Å²) < 4.78 is 18.0. The lowest BCUT2D eigenvalue weighted by molar-refractivity contribution is -0.120. The molecule has 0 aliphatic rings. The Kier molecular flexibility index (Phi) is 6.38. The molecule has 2 aromatic carbocycles. The molecule has 1 aromatic heterocycles. The van der Waals surface area contributed by atoms with E-state index in [0.29, 0.717) is 16.7 Å². The molecule has 0 saturated heterocycles. The summed E-state index contributed by atoms with van der Waals surface area (Å²) in [6, 6.07) is 14.6. The molecule has 3 rings (SSSR count). The second-order valence-electron chi connectivity index (χ2n) is 6.56. The van der Waals surface area contributed by atoms with Crippen LogP contribution in [0.1, 0.15) is 29.4 Å². The van der Waals surface area contributed by atoms with Crippen LogP contribution < -0.4 is 9.47 Å². The Morgan fingerprint density at radius 1 is 1.10 bits per heavy atom. The summed E-state index contributed by atoms with van der Waals surface area (Å²) in [5.74, 6) is 0.433. The molecule has 30 heavy (non-hydrogen) atoms. The molecule has 0 atom stereocenters. The smallest absolute Gasteiger partial charge is 0.340 e. The van der Waals surface area contributed by atoms with Crippen molar-refractivity contribution in [3.63, 3.8) is 0 Å². The van der Waals surface area contributed by atoms with E-state index in [4.69, 9.17) is 19.5 Å². The van der Waals surface area contributed by atoms with Crippen LogP contribution in [0.4, 0.5) is 0 Å². The topological polar surface area (TPSA) is 90.5 Å². The van der Waals surface area contributed by atoms with Gasteiger partial charge in [0.25, 0.3) is 0 Å². The van der Waals surface area contributed by atoms with Crippen molar-refractivity contribution in [1.29, 1.82) is 5.26 Å². The Bertz CT molecular complexity index is 1120. The first-order valence-electron chi connectivity index (χ1n) is 9.48. The summed E-state index contributed by atoms with van der Waals surface area (Å²) in [7, 11) is 1.60. The van der Waals surface area contributed by atoms with Gasteiger partial charge in [0.15, 0.2) is 5.78 Å².